The van der Waals surface area contributed by atoms with Crippen LogP contribution in [0.25, 0.3) is 11.2 Å². The van der Waals surface area contributed by atoms with Crippen LogP contribution in [-0.2, 0) is 25.2 Å². The maximum atomic E-state index is 12.6. The SMILES string of the molecule is CC(=O)NCCSCCn1c[n+]([C@@H]2O[C@H](COP(=O)(O)O)[C@@H](O)[C@H]2O)c2nc(N)[nH]c(=O)c21. The third kappa shape index (κ3) is 6.30. The van der Waals surface area contributed by atoms with Crippen LogP contribution in [0.4, 0.5) is 5.95 Å². The first-order valence-corrected chi connectivity index (χ1v) is 12.5. The van der Waals surface area contributed by atoms with Crippen molar-refractivity contribution in [3.05, 3.63) is 16.7 Å². The molecule has 3 heterocycles. The minimum Gasteiger partial charge on any atom is -0.387 e. The van der Waals surface area contributed by atoms with Gasteiger partial charge in [0, 0.05) is 25.0 Å². The monoisotopic (exact) mass is 509 g/mol. The molecule has 0 aliphatic carbocycles. The van der Waals surface area contributed by atoms with Crippen molar-refractivity contribution < 1.29 is 43.2 Å². The van der Waals surface area contributed by atoms with Crippen LogP contribution in [0.5, 0.6) is 0 Å². The van der Waals surface area contributed by atoms with E-state index in [4.69, 9.17) is 20.3 Å². The minimum absolute atomic E-state index is 0.0901. The van der Waals surface area contributed by atoms with Gasteiger partial charge in [0.15, 0.2) is 6.33 Å². The highest BCUT2D eigenvalue weighted by Crippen LogP contribution is 2.37. The molecule has 4 atom stereocenters. The van der Waals surface area contributed by atoms with Crippen molar-refractivity contribution in [3.63, 3.8) is 0 Å². The molecular weight excluding hydrogens is 483 g/mol. The first kappa shape index (κ1) is 25.6. The van der Waals surface area contributed by atoms with E-state index < -0.39 is 44.5 Å². The molecule has 3 rings (SSSR count). The highest BCUT2D eigenvalue weighted by atomic mass is 32.2. The number of phosphoric acid groups is 1. The Hall–Kier alpha value is -2.04. The minimum atomic E-state index is -4.81. The second-order valence-electron chi connectivity index (χ2n) is 7.27. The van der Waals surface area contributed by atoms with Crippen molar-refractivity contribution in [1.29, 1.82) is 0 Å². The van der Waals surface area contributed by atoms with Gasteiger partial charge in [0.2, 0.25) is 17.7 Å². The summed E-state index contributed by atoms with van der Waals surface area (Å²) >= 11 is 1.55. The van der Waals surface area contributed by atoms with Gasteiger partial charge in [-0.25, -0.2) is 9.13 Å². The molecule has 0 radical (unpaired) electrons. The molecule has 1 amide bonds. The molecule has 0 unspecified atom stereocenters. The highest BCUT2D eigenvalue weighted by molar-refractivity contribution is 7.99. The first-order valence-electron chi connectivity index (χ1n) is 9.81. The number of aromatic amines is 1. The molecule has 0 bridgehead atoms. The van der Waals surface area contributed by atoms with E-state index in [9.17, 15) is 24.4 Å². The Morgan fingerprint density at radius 2 is 2.15 bits per heavy atom. The van der Waals surface area contributed by atoms with E-state index in [1.165, 1.54) is 17.8 Å². The van der Waals surface area contributed by atoms with Gasteiger partial charge in [-0.15, -0.1) is 0 Å². The van der Waals surface area contributed by atoms with Gasteiger partial charge in [0.05, 0.1) is 13.2 Å². The van der Waals surface area contributed by atoms with Gasteiger partial charge in [-0.2, -0.15) is 11.8 Å². The number of amides is 1. The molecule has 8 N–H and O–H groups in total. The van der Waals surface area contributed by atoms with Crippen molar-refractivity contribution in [2.75, 3.05) is 30.4 Å². The number of nitrogens with two attached hydrogens (primary N) is 1. The number of fused-ring (bicyclic) bond motifs is 1. The number of nitrogen functional groups attached to an aromatic ring is 1. The van der Waals surface area contributed by atoms with Crippen LogP contribution in [-0.4, -0.2) is 83.4 Å². The number of aryl methyl sites for hydroxylation is 1. The number of hydrogen-bond acceptors (Lipinski definition) is 10. The number of nitrogens with one attached hydrogen (secondary N) is 2. The first-order chi connectivity index (χ1) is 15.5. The smallest absolute Gasteiger partial charge is 0.387 e. The van der Waals surface area contributed by atoms with E-state index in [0.29, 0.717) is 24.6 Å². The van der Waals surface area contributed by atoms with Crippen LogP contribution in [0.1, 0.15) is 13.2 Å². The van der Waals surface area contributed by atoms with Crippen LogP contribution in [0.15, 0.2) is 11.1 Å². The second kappa shape index (κ2) is 10.5. The number of carbonyl (C=O) groups excluding carboxylic acids is 1. The number of hydrogen-bond donors (Lipinski definition) is 7. The predicted octanol–water partition coefficient (Wildman–Crippen LogP) is -2.81. The number of H-pyrrole nitrogens is 1. The summed E-state index contributed by atoms with van der Waals surface area (Å²) in [6.45, 7) is 1.64. The molecule has 33 heavy (non-hydrogen) atoms. The van der Waals surface area contributed by atoms with Crippen LogP contribution in [0, 0.1) is 0 Å². The Balaban J connectivity index is 1.82. The average molecular weight is 509 g/mol. The molecule has 0 spiro atoms. The van der Waals surface area contributed by atoms with Crippen molar-refractivity contribution in [2.45, 2.75) is 38.0 Å². The molecule has 0 aromatic carbocycles. The van der Waals surface area contributed by atoms with Gasteiger partial charge in [-0.1, -0.05) is 4.98 Å². The number of aromatic nitrogens is 4. The van der Waals surface area contributed by atoms with Crippen LogP contribution in [0.2, 0.25) is 0 Å². The van der Waals surface area contributed by atoms with E-state index in [-0.39, 0.29) is 23.0 Å². The number of imidazole rings is 1. The molecule has 1 saturated heterocycles. The fourth-order valence-corrected chi connectivity index (χ4v) is 4.48. The van der Waals surface area contributed by atoms with Crippen molar-refractivity contribution in [3.8, 4) is 0 Å². The largest absolute Gasteiger partial charge is 0.469 e. The van der Waals surface area contributed by atoms with Gasteiger partial charge in [0.1, 0.15) is 18.3 Å². The zero-order chi connectivity index (χ0) is 24.3. The maximum Gasteiger partial charge on any atom is 0.469 e. The summed E-state index contributed by atoms with van der Waals surface area (Å²) in [5.74, 6) is 0.962. The number of carbonyl (C=O) groups is 1. The summed E-state index contributed by atoms with van der Waals surface area (Å²) in [7, 11) is -4.81. The van der Waals surface area contributed by atoms with Crippen molar-refractivity contribution in [2.24, 2.45) is 0 Å². The van der Waals surface area contributed by atoms with Gasteiger partial charge in [0.25, 0.3) is 11.5 Å². The topological polar surface area (TPSA) is 226 Å². The summed E-state index contributed by atoms with van der Waals surface area (Å²) in [6, 6.07) is 0. The van der Waals surface area contributed by atoms with E-state index in [2.05, 4.69) is 19.8 Å². The Labute approximate surface area is 191 Å². The maximum absolute atomic E-state index is 12.6. The average Bonchev–Trinajstić information content (AvgIpc) is 3.20. The highest BCUT2D eigenvalue weighted by Gasteiger charge is 2.47. The van der Waals surface area contributed by atoms with Crippen LogP contribution >= 0.6 is 19.6 Å². The summed E-state index contributed by atoms with van der Waals surface area (Å²) in [4.78, 5) is 47.8. The van der Waals surface area contributed by atoms with E-state index >= 15 is 0 Å². The Morgan fingerprint density at radius 1 is 1.42 bits per heavy atom. The van der Waals surface area contributed by atoms with E-state index in [0.717, 1.165) is 0 Å². The Kier molecular flexibility index (Phi) is 8.13. The number of aliphatic hydroxyl groups is 2. The third-order valence-electron chi connectivity index (χ3n) is 4.81. The molecule has 2 aromatic rings. The molecular formula is C16H26N6O9PS+. The lowest BCUT2D eigenvalue weighted by atomic mass is 10.1. The fourth-order valence-electron chi connectivity index (χ4n) is 3.36. The number of nitrogens with zero attached hydrogens (tertiary/aromatic N) is 3. The van der Waals surface area contributed by atoms with Crippen LogP contribution in [0.3, 0.4) is 0 Å². The van der Waals surface area contributed by atoms with Crippen molar-refractivity contribution >= 4 is 42.6 Å². The second-order valence-corrected chi connectivity index (χ2v) is 9.73. The van der Waals surface area contributed by atoms with E-state index in [1.54, 1.807) is 16.3 Å². The summed E-state index contributed by atoms with van der Waals surface area (Å²) in [5, 5.41) is 23.4. The number of ether oxygens (including phenoxy) is 1. The van der Waals surface area contributed by atoms with E-state index in [1.807, 2.05) is 0 Å². The number of phosphoric ester groups is 1. The molecule has 17 heteroatoms. The fraction of sp³-hybridized carbons (Fsp3) is 0.625. The molecule has 1 fully saturated rings. The third-order valence-corrected chi connectivity index (χ3v) is 6.26. The van der Waals surface area contributed by atoms with Crippen molar-refractivity contribution in [1.82, 2.24) is 19.9 Å². The lowest BCUT2D eigenvalue weighted by Crippen LogP contribution is -2.46. The van der Waals surface area contributed by atoms with Gasteiger partial charge in [-0.3, -0.25) is 23.7 Å². The van der Waals surface area contributed by atoms with Crippen LogP contribution < -0.4 is 21.2 Å². The quantitative estimate of drug-likeness (QED) is 0.0979. The summed E-state index contributed by atoms with van der Waals surface area (Å²) < 4.78 is 23.9. The zero-order valence-corrected chi connectivity index (χ0v) is 19.2. The molecule has 2 aromatic heterocycles. The molecule has 184 valence electrons. The Morgan fingerprint density at radius 3 is 2.82 bits per heavy atom. The predicted molar refractivity (Wildman–Crippen MR) is 115 cm³/mol. The molecule has 1 aliphatic rings. The molecule has 1 aliphatic heterocycles. The number of aliphatic hydroxyl groups excluding tert-OH is 2. The number of rotatable bonds is 10. The van der Waals surface area contributed by atoms with Gasteiger partial charge < -0.3 is 35.8 Å². The molecule has 0 saturated carbocycles. The molecule has 15 nitrogen and oxygen atoms in total. The standard InChI is InChI=1S/C16H25N6O9PS/c1-8(23)18-2-4-33-5-3-21-7-22(13-10(21)14(26)20-16(17)19-13)15-12(25)11(24)9(31-15)6-30-32(27,28)29/h7,9,11-12,15,24-25H,2-6H2,1H3,(H5-,17,18,19,20,23,26,27,28,29)/p+1/t9-,11-,12-,15-/m1/s1. The lowest BCUT2D eigenvalue weighted by Gasteiger charge is -2.14. The summed E-state index contributed by atoms with van der Waals surface area (Å²) in [6.07, 6.45) is -4.01. The normalized spacial score (nSPS) is 23.3. The Bertz CT molecular complexity index is 1100. The number of thioether (sulfide) groups is 1. The van der Waals surface area contributed by atoms with Gasteiger partial charge >= 0.3 is 13.5 Å². The zero-order valence-electron chi connectivity index (χ0n) is 17.5. The van der Waals surface area contributed by atoms with Gasteiger partial charge in [-0.05, 0) is 0 Å². The lowest BCUT2D eigenvalue weighted by molar-refractivity contribution is -0.745. The number of anilines is 1. The summed E-state index contributed by atoms with van der Waals surface area (Å²) in [5.41, 5.74) is 5.41.